The lowest BCUT2D eigenvalue weighted by atomic mass is 10.0. The van der Waals surface area contributed by atoms with Crippen molar-refractivity contribution in [3.63, 3.8) is 0 Å². The Bertz CT molecular complexity index is 1310. The van der Waals surface area contributed by atoms with Crippen LogP contribution in [0.15, 0.2) is 60.7 Å². The van der Waals surface area contributed by atoms with Crippen LogP contribution in [0.1, 0.15) is 23.7 Å². The van der Waals surface area contributed by atoms with Crippen molar-refractivity contribution in [2.75, 3.05) is 24.9 Å². The quantitative estimate of drug-likeness (QED) is 0.378. The maximum absolute atomic E-state index is 12.9. The Kier molecular flexibility index (Phi) is 6.26. The number of para-hydroxylation sites is 1. The summed E-state index contributed by atoms with van der Waals surface area (Å²) in [7, 11) is 3.22. The molecule has 0 aliphatic heterocycles. The van der Waals surface area contributed by atoms with Crippen LogP contribution in [-0.2, 0) is 4.79 Å². The number of anilines is 2. The summed E-state index contributed by atoms with van der Waals surface area (Å²) in [5, 5.41) is 13.6. The number of aromatic amines is 1. The SMILES string of the molecule is CCC(=O)Nc1ccccc1C(=O)Nc1n[nH]c2cc(-c3cc(OC)cc(OC)c3)ccc12. The summed E-state index contributed by atoms with van der Waals surface area (Å²) in [5.74, 6) is 1.26. The van der Waals surface area contributed by atoms with Crippen LogP contribution in [0.5, 0.6) is 11.5 Å². The largest absolute Gasteiger partial charge is 0.497 e. The summed E-state index contributed by atoms with van der Waals surface area (Å²) in [6.45, 7) is 1.75. The van der Waals surface area contributed by atoms with Crippen LogP contribution in [0.25, 0.3) is 22.0 Å². The van der Waals surface area contributed by atoms with Crippen molar-refractivity contribution < 1.29 is 19.1 Å². The monoisotopic (exact) mass is 444 g/mol. The third kappa shape index (κ3) is 4.64. The first-order valence-electron chi connectivity index (χ1n) is 10.4. The Morgan fingerprint density at radius 3 is 2.33 bits per heavy atom. The Morgan fingerprint density at radius 2 is 1.64 bits per heavy atom. The molecule has 0 bridgehead atoms. The van der Waals surface area contributed by atoms with E-state index in [0.29, 0.717) is 35.0 Å². The van der Waals surface area contributed by atoms with Gasteiger partial charge >= 0.3 is 0 Å². The highest BCUT2D eigenvalue weighted by Crippen LogP contribution is 2.32. The normalized spacial score (nSPS) is 10.6. The number of benzene rings is 3. The van der Waals surface area contributed by atoms with Gasteiger partial charge in [-0.25, -0.2) is 0 Å². The third-order valence-electron chi connectivity index (χ3n) is 5.25. The predicted molar refractivity (Wildman–Crippen MR) is 128 cm³/mol. The number of hydrogen-bond acceptors (Lipinski definition) is 5. The number of methoxy groups -OCH3 is 2. The fraction of sp³-hybridized carbons (Fsp3) is 0.160. The first-order valence-corrected chi connectivity index (χ1v) is 10.4. The van der Waals surface area contributed by atoms with Crippen LogP contribution in [0.2, 0.25) is 0 Å². The lowest BCUT2D eigenvalue weighted by Crippen LogP contribution is -2.17. The zero-order valence-electron chi connectivity index (χ0n) is 18.6. The van der Waals surface area contributed by atoms with E-state index < -0.39 is 0 Å². The maximum Gasteiger partial charge on any atom is 0.258 e. The van der Waals surface area contributed by atoms with Gasteiger partial charge in [-0.3, -0.25) is 14.7 Å². The molecule has 8 heteroatoms. The van der Waals surface area contributed by atoms with Crippen LogP contribution >= 0.6 is 0 Å². The Labute approximate surface area is 190 Å². The number of carbonyl (C=O) groups excluding carboxylic acids is 2. The molecule has 0 radical (unpaired) electrons. The van der Waals surface area contributed by atoms with Crippen molar-refractivity contribution in [1.82, 2.24) is 10.2 Å². The van der Waals surface area contributed by atoms with Gasteiger partial charge in [0.05, 0.1) is 31.0 Å². The zero-order chi connectivity index (χ0) is 23.4. The second-order valence-corrected chi connectivity index (χ2v) is 7.34. The van der Waals surface area contributed by atoms with Gasteiger partial charge < -0.3 is 20.1 Å². The Hall–Kier alpha value is -4.33. The molecule has 0 aliphatic rings. The van der Waals surface area contributed by atoms with Crippen LogP contribution < -0.4 is 20.1 Å². The molecule has 0 atom stereocenters. The molecular formula is C25H24N4O4. The van der Waals surface area contributed by atoms with E-state index in [9.17, 15) is 9.59 Å². The van der Waals surface area contributed by atoms with Gasteiger partial charge in [0.25, 0.3) is 5.91 Å². The second-order valence-electron chi connectivity index (χ2n) is 7.34. The zero-order valence-corrected chi connectivity index (χ0v) is 18.6. The first kappa shape index (κ1) is 21.9. The predicted octanol–water partition coefficient (Wildman–Crippen LogP) is 4.85. The fourth-order valence-electron chi connectivity index (χ4n) is 3.47. The van der Waals surface area contributed by atoms with E-state index in [-0.39, 0.29) is 11.8 Å². The first-order chi connectivity index (χ1) is 16.0. The molecule has 4 rings (SSSR count). The van der Waals surface area contributed by atoms with Crippen molar-refractivity contribution >= 4 is 34.2 Å². The van der Waals surface area contributed by atoms with Gasteiger partial charge in [0.2, 0.25) is 5.91 Å². The molecule has 0 unspecified atom stereocenters. The van der Waals surface area contributed by atoms with Crippen LogP contribution in [0.4, 0.5) is 11.5 Å². The number of aromatic nitrogens is 2. The van der Waals surface area contributed by atoms with Crippen molar-refractivity contribution in [2.45, 2.75) is 13.3 Å². The number of ether oxygens (including phenoxy) is 2. The smallest absolute Gasteiger partial charge is 0.258 e. The molecule has 8 nitrogen and oxygen atoms in total. The van der Waals surface area contributed by atoms with E-state index in [4.69, 9.17) is 9.47 Å². The van der Waals surface area contributed by atoms with Crippen LogP contribution in [0.3, 0.4) is 0 Å². The molecule has 33 heavy (non-hydrogen) atoms. The van der Waals surface area contributed by atoms with Gasteiger partial charge in [-0.15, -0.1) is 0 Å². The van der Waals surface area contributed by atoms with Gasteiger partial charge in [-0.2, -0.15) is 5.10 Å². The molecule has 1 heterocycles. The lowest BCUT2D eigenvalue weighted by molar-refractivity contribution is -0.115. The molecule has 0 fully saturated rings. The fourth-order valence-corrected chi connectivity index (χ4v) is 3.47. The van der Waals surface area contributed by atoms with Crippen molar-refractivity contribution in [2.24, 2.45) is 0 Å². The number of nitrogens with one attached hydrogen (secondary N) is 3. The second kappa shape index (κ2) is 9.44. The summed E-state index contributed by atoms with van der Waals surface area (Å²) >= 11 is 0. The van der Waals surface area contributed by atoms with E-state index in [0.717, 1.165) is 22.0 Å². The highest BCUT2D eigenvalue weighted by molar-refractivity contribution is 6.12. The van der Waals surface area contributed by atoms with Gasteiger partial charge in [-0.1, -0.05) is 25.1 Å². The molecule has 3 N–H and O–H groups in total. The Morgan fingerprint density at radius 1 is 0.909 bits per heavy atom. The number of carbonyl (C=O) groups is 2. The van der Waals surface area contributed by atoms with E-state index in [1.165, 1.54) is 0 Å². The molecular weight excluding hydrogens is 420 g/mol. The average Bonchev–Trinajstić information content (AvgIpc) is 3.25. The highest BCUT2D eigenvalue weighted by atomic mass is 16.5. The number of rotatable bonds is 7. The minimum Gasteiger partial charge on any atom is -0.497 e. The lowest BCUT2D eigenvalue weighted by Gasteiger charge is -2.10. The minimum atomic E-state index is -0.364. The number of nitrogens with zero attached hydrogens (tertiary/aromatic N) is 1. The summed E-state index contributed by atoms with van der Waals surface area (Å²) < 4.78 is 10.7. The molecule has 168 valence electrons. The van der Waals surface area contributed by atoms with Gasteiger partial charge in [-0.05, 0) is 47.5 Å². The van der Waals surface area contributed by atoms with E-state index >= 15 is 0 Å². The van der Waals surface area contributed by atoms with Gasteiger partial charge in [0.1, 0.15) is 11.5 Å². The number of fused-ring (bicyclic) bond motifs is 1. The van der Waals surface area contributed by atoms with Crippen LogP contribution in [-0.4, -0.2) is 36.2 Å². The van der Waals surface area contributed by atoms with E-state index in [1.807, 2.05) is 36.4 Å². The van der Waals surface area contributed by atoms with Crippen molar-refractivity contribution in [3.8, 4) is 22.6 Å². The van der Waals surface area contributed by atoms with E-state index in [2.05, 4.69) is 20.8 Å². The molecule has 0 saturated carbocycles. The maximum atomic E-state index is 12.9. The topological polar surface area (TPSA) is 105 Å². The summed E-state index contributed by atoms with van der Waals surface area (Å²) in [4.78, 5) is 24.7. The molecule has 0 saturated heterocycles. The number of amides is 2. The standard InChI is InChI=1S/C25H24N4O4/c1-4-23(30)26-21-8-6-5-7-20(21)25(31)27-24-19-10-9-15(13-22(19)28-29-24)16-11-17(32-2)14-18(12-16)33-3/h5-14H,4H2,1-3H3,(H,26,30)(H2,27,28,29,31). The van der Waals surface area contributed by atoms with Gasteiger partial charge in [0, 0.05) is 17.9 Å². The molecule has 2 amide bonds. The van der Waals surface area contributed by atoms with Crippen LogP contribution in [0, 0.1) is 0 Å². The molecule has 4 aromatic rings. The minimum absolute atomic E-state index is 0.165. The summed E-state index contributed by atoms with van der Waals surface area (Å²) in [6.07, 6.45) is 0.321. The third-order valence-corrected chi connectivity index (χ3v) is 5.25. The molecule has 0 aliphatic carbocycles. The molecule has 1 aromatic heterocycles. The van der Waals surface area contributed by atoms with Crippen molar-refractivity contribution in [1.29, 1.82) is 0 Å². The average molecular weight is 444 g/mol. The van der Waals surface area contributed by atoms with Gasteiger partial charge in [0.15, 0.2) is 5.82 Å². The summed E-state index contributed by atoms with van der Waals surface area (Å²) in [5.41, 5.74) is 3.44. The number of hydrogen-bond donors (Lipinski definition) is 3. The number of H-pyrrole nitrogens is 1. The molecule has 0 spiro atoms. The van der Waals surface area contributed by atoms with E-state index in [1.54, 1.807) is 45.4 Å². The molecule has 3 aromatic carbocycles. The summed E-state index contributed by atoms with van der Waals surface area (Å²) in [6, 6.07) is 18.3. The Balaban J connectivity index is 1.62. The highest BCUT2D eigenvalue weighted by Gasteiger charge is 2.16. The van der Waals surface area contributed by atoms with Crippen molar-refractivity contribution in [3.05, 3.63) is 66.2 Å².